The van der Waals surface area contributed by atoms with Gasteiger partial charge in [0.25, 0.3) is 0 Å². The van der Waals surface area contributed by atoms with E-state index in [0.29, 0.717) is 11.8 Å². The van der Waals surface area contributed by atoms with E-state index >= 15 is 0 Å². The minimum atomic E-state index is 0.251. The summed E-state index contributed by atoms with van der Waals surface area (Å²) in [6.45, 7) is 9.09. The number of benzene rings is 2. The summed E-state index contributed by atoms with van der Waals surface area (Å²) in [6.07, 6.45) is 9.57. The lowest BCUT2D eigenvalue weighted by molar-refractivity contribution is 0.647. The Balaban J connectivity index is 2.00. The lowest BCUT2D eigenvalue weighted by atomic mass is 9.88. The van der Waals surface area contributed by atoms with Gasteiger partial charge in [0.1, 0.15) is 0 Å². The van der Waals surface area contributed by atoms with Crippen molar-refractivity contribution in [2.24, 2.45) is 5.92 Å². The van der Waals surface area contributed by atoms with Crippen molar-refractivity contribution >= 4 is 0 Å². The number of nitrogens with one attached hydrogen (secondary N) is 1. The maximum atomic E-state index is 3.48. The molecule has 1 N–H and O–H groups in total. The van der Waals surface area contributed by atoms with Crippen LogP contribution in [0.4, 0.5) is 0 Å². The van der Waals surface area contributed by atoms with E-state index in [-0.39, 0.29) is 6.04 Å². The minimum Gasteiger partial charge on any atom is -0.381 e. The van der Waals surface area contributed by atoms with Gasteiger partial charge in [-0.2, -0.15) is 0 Å². The van der Waals surface area contributed by atoms with Crippen molar-refractivity contribution in [1.82, 2.24) is 5.32 Å². The molecule has 1 unspecified atom stereocenters. The van der Waals surface area contributed by atoms with Gasteiger partial charge in [-0.3, -0.25) is 0 Å². The van der Waals surface area contributed by atoms with E-state index in [1.165, 1.54) is 27.8 Å². The normalized spacial score (nSPS) is 16.5. The Morgan fingerprint density at radius 2 is 1.72 bits per heavy atom. The van der Waals surface area contributed by atoms with Gasteiger partial charge in [-0.1, -0.05) is 76.2 Å². The van der Waals surface area contributed by atoms with Crippen molar-refractivity contribution in [3.05, 3.63) is 83.6 Å². The maximum absolute atomic E-state index is 3.48. The largest absolute Gasteiger partial charge is 0.381 e. The lowest BCUT2D eigenvalue weighted by Crippen LogP contribution is -2.17. The average molecular weight is 332 g/mol. The Morgan fingerprint density at radius 1 is 0.920 bits per heavy atom. The highest BCUT2D eigenvalue weighted by Crippen LogP contribution is 2.32. The highest BCUT2D eigenvalue weighted by molar-refractivity contribution is 5.66. The monoisotopic (exact) mass is 331 g/mol. The van der Waals surface area contributed by atoms with Gasteiger partial charge in [-0.15, -0.1) is 0 Å². The van der Waals surface area contributed by atoms with Crippen LogP contribution >= 0.6 is 0 Å². The molecule has 1 aliphatic rings. The summed E-state index contributed by atoms with van der Waals surface area (Å²) in [5, 5.41) is 3.48. The van der Waals surface area contributed by atoms with Crippen LogP contribution in [-0.2, 0) is 6.42 Å². The number of dihydropyridines is 1. The third kappa shape index (κ3) is 4.22. The predicted molar refractivity (Wildman–Crippen MR) is 109 cm³/mol. The molecule has 2 aromatic rings. The topological polar surface area (TPSA) is 12.0 Å². The maximum Gasteiger partial charge on any atom is 0.0698 e. The lowest BCUT2D eigenvalue weighted by Gasteiger charge is -2.23. The van der Waals surface area contributed by atoms with Crippen molar-refractivity contribution in [3.8, 4) is 11.1 Å². The van der Waals surface area contributed by atoms with E-state index in [1.54, 1.807) is 0 Å². The van der Waals surface area contributed by atoms with E-state index in [4.69, 9.17) is 0 Å². The third-order valence-corrected chi connectivity index (χ3v) is 4.73. The van der Waals surface area contributed by atoms with Crippen LogP contribution in [0, 0.1) is 5.92 Å². The van der Waals surface area contributed by atoms with E-state index in [2.05, 4.69) is 87.6 Å². The first-order valence-corrected chi connectivity index (χ1v) is 9.37. The second-order valence-electron chi connectivity index (χ2n) is 7.69. The van der Waals surface area contributed by atoms with Gasteiger partial charge in [-0.05, 0) is 64.4 Å². The summed E-state index contributed by atoms with van der Waals surface area (Å²) in [5.74, 6) is 1.19. The molecule has 1 aliphatic heterocycles. The quantitative estimate of drug-likeness (QED) is 0.669. The van der Waals surface area contributed by atoms with Crippen LogP contribution in [0.5, 0.6) is 0 Å². The van der Waals surface area contributed by atoms with Gasteiger partial charge < -0.3 is 5.32 Å². The molecular formula is C24H29N. The highest BCUT2D eigenvalue weighted by atomic mass is 14.9. The molecule has 130 valence electrons. The van der Waals surface area contributed by atoms with Crippen LogP contribution in [0.25, 0.3) is 11.1 Å². The van der Waals surface area contributed by atoms with Crippen LogP contribution in [0.1, 0.15) is 56.3 Å². The smallest absolute Gasteiger partial charge is 0.0698 e. The fourth-order valence-electron chi connectivity index (χ4n) is 3.54. The van der Waals surface area contributed by atoms with E-state index in [0.717, 1.165) is 6.42 Å². The van der Waals surface area contributed by atoms with Gasteiger partial charge in [0.2, 0.25) is 0 Å². The summed E-state index contributed by atoms with van der Waals surface area (Å²) in [4.78, 5) is 0. The molecule has 1 heterocycles. The zero-order valence-electron chi connectivity index (χ0n) is 15.8. The standard InChI is InChI=1S/C24H29N/c1-17(2)14-19-8-7-9-20(15-19)21-11-12-22(18(3)4)23(16-21)24-10-5-6-13-25-24/h5-13,15-18,24-25H,14H2,1-4H3. The Labute approximate surface area is 152 Å². The number of hydrogen-bond donors (Lipinski definition) is 1. The second kappa shape index (κ2) is 7.74. The zero-order valence-corrected chi connectivity index (χ0v) is 15.8. The van der Waals surface area contributed by atoms with Gasteiger partial charge in [0.15, 0.2) is 0 Å². The van der Waals surface area contributed by atoms with Crippen LogP contribution in [0.3, 0.4) is 0 Å². The van der Waals surface area contributed by atoms with E-state index in [1.807, 2.05) is 12.3 Å². The summed E-state index contributed by atoms with van der Waals surface area (Å²) in [5.41, 5.74) is 6.82. The Kier molecular flexibility index (Phi) is 5.43. The molecule has 3 rings (SSSR count). The number of allylic oxidation sites excluding steroid dienone is 2. The van der Waals surface area contributed by atoms with Crippen molar-refractivity contribution in [2.45, 2.75) is 46.1 Å². The molecule has 0 aromatic heterocycles. The van der Waals surface area contributed by atoms with Crippen molar-refractivity contribution in [3.63, 3.8) is 0 Å². The van der Waals surface area contributed by atoms with Crippen molar-refractivity contribution in [1.29, 1.82) is 0 Å². The number of rotatable bonds is 5. The fourth-order valence-corrected chi connectivity index (χ4v) is 3.54. The van der Waals surface area contributed by atoms with Crippen LogP contribution in [0.2, 0.25) is 0 Å². The predicted octanol–water partition coefficient (Wildman–Crippen LogP) is 6.39. The van der Waals surface area contributed by atoms with E-state index in [9.17, 15) is 0 Å². The fraction of sp³-hybridized carbons (Fsp3) is 0.333. The summed E-state index contributed by atoms with van der Waals surface area (Å²) in [7, 11) is 0. The van der Waals surface area contributed by atoms with Gasteiger partial charge in [-0.25, -0.2) is 0 Å². The second-order valence-corrected chi connectivity index (χ2v) is 7.69. The Bertz CT molecular complexity index is 780. The Morgan fingerprint density at radius 3 is 2.40 bits per heavy atom. The SMILES string of the molecule is CC(C)Cc1cccc(-c2ccc(C(C)C)c(C3C=CC=CN3)c2)c1. The molecule has 2 aromatic carbocycles. The average Bonchev–Trinajstić information content (AvgIpc) is 2.61. The summed E-state index contributed by atoms with van der Waals surface area (Å²) < 4.78 is 0. The van der Waals surface area contributed by atoms with E-state index < -0.39 is 0 Å². The summed E-state index contributed by atoms with van der Waals surface area (Å²) >= 11 is 0. The molecule has 0 saturated heterocycles. The first-order chi connectivity index (χ1) is 12.0. The Hall–Kier alpha value is -2.28. The molecule has 0 fully saturated rings. The molecule has 0 saturated carbocycles. The molecule has 0 amide bonds. The third-order valence-electron chi connectivity index (χ3n) is 4.73. The first-order valence-electron chi connectivity index (χ1n) is 9.37. The molecular weight excluding hydrogens is 302 g/mol. The molecule has 0 bridgehead atoms. The number of hydrogen-bond acceptors (Lipinski definition) is 1. The molecule has 1 heteroatoms. The van der Waals surface area contributed by atoms with Gasteiger partial charge in [0, 0.05) is 0 Å². The van der Waals surface area contributed by atoms with Crippen molar-refractivity contribution < 1.29 is 0 Å². The molecule has 0 aliphatic carbocycles. The molecule has 1 atom stereocenters. The van der Waals surface area contributed by atoms with Crippen LogP contribution < -0.4 is 5.32 Å². The zero-order chi connectivity index (χ0) is 17.8. The van der Waals surface area contributed by atoms with Crippen LogP contribution in [-0.4, -0.2) is 0 Å². The van der Waals surface area contributed by atoms with Gasteiger partial charge in [0.05, 0.1) is 6.04 Å². The molecule has 1 nitrogen and oxygen atoms in total. The molecule has 0 spiro atoms. The van der Waals surface area contributed by atoms with Crippen LogP contribution in [0.15, 0.2) is 66.9 Å². The highest BCUT2D eigenvalue weighted by Gasteiger charge is 2.16. The van der Waals surface area contributed by atoms with Crippen molar-refractivity contribution in [2.75, 3.05) is 0 Å². The van der Waals surface area contributed by atoms with Gasteiger partial charge >= 0.3 is 0 Å². The summed E-state index contributed by atoms with van der Waals surface area (Å²) in [6, 6.07) is 16.2. The first kappa shape index (κ1) is 17.5. The minimum absolute atomic E-state index is 0.251. The molecule has 25 heavy (non-hydrogen) atoms. The molecule has 0 radical (unpaired) electrons.